The summed E-state index contributed by atoms with van der Waals surface area (Å²) in [5, 5.41) is 9.53. The molecule has 0 unspecified atom stereocenters. The molecule has 0 saturated heterocycles. The van der Waals surface area contributed by atoms with Crippen LogP contribution in [0, 0.1) is 0 Å². The molecule has 84 valence electrons. The number of aromatic nitrogens is 1. The number of nitrogens with zero attached hydrogens (tertiary/aromatic N) is 1. The Bertz CT molecular complexity index is 453. The Morgan fingerprint density at radius 2 is 2.06 bits per heavy atom. The van der Waals surface area contributed by atoms with E-state index in [1.54, 1.807) is 11.8 Å². The highest BCUT2D eigenvalue weighted by atomic mass is 32.2. The van der Waals surface area contributed by atoms with Gasteiger partial charge in [-0.25, -0.2) is 4.98 Å². The van der Waals surface area contributed by atoms with Crippen molar-refractivity contribution in [2.75, 3.05) is 5.73 Å². The normalized spacial score (nSPS) is 10.6. The lowest BCUT2D eigenvalue weighted by atomic mass is 10.2. The number of nitrogens with two attached hydrogens (primary N) is 1. The topological polar surface area (TPSA) is 59.1 Å². The van der Waals surface area contributed by atoms with Crippen molar-refractivity contribution >= 4 is 28.2 Å². The van der Waals surface area contributed by atoms with E-state index in [2.05, 4.69) is 4.98 Å². The van der Waals surface area contributed by atoms with Crippen molar-refractivity contribution < 1.29 is 5.11 Å². The Morgan fingerprint density at radius 3 is 2.62 bits per heavy atom. The molecule has 2 rings (SSSR count). The van der Waals surface area contributed by atoms with Gasteiger partial charge in [-0.05, 0) is 17.7 Å². The van der Waals surface area contributed by atoms with E-state index in [4.69, 9.17) is 10.8 Å². The summed E-state index contributed by atoms with van der Waals surface area (Å²) in [4.78, 5) is 6.37. The fourth-order valence-corrected chi connectivity index (χ4v) is 2.84. The third kappa shape index (κ3) is 2.98. The number of aliphatic hydroxyl groups is 1. The molecule has 0 fully saturated rings. The van der Waals surface area contributed by atoms with Gasteiger partial charge in [0, 0.05) is 21.7 Å². The van der Waals surface area contributed by atoms with Crippen molar-refractivity contribution in [3.63, 3.8) is 0 Å². The minimum absolute atomic E-state index is 0.0936. The number of hydrogen-bond acceptors (Lipinski definition) is 5. The number of hydrogen-bond donors (Lipinski definition) is 2. The average molecular weight is 252 g/mol. The first-order valence-electron chi connectivity index (χ1n) is 4.80. The van der Waals surface area contributed by atoms with E-state index in [1.165, 1.54) is 21.1 Å². The Kier molecular flexibility index (Phi) is 3.82. The van der Waals surface area contributed by atoms with Crippen LogP contribution in [0.3, 0.4) is 0 Å². The number of thioether (sulfide) groups is 1. The lowest BCUT2D eigenvalue weighted by Crippen LogP contribution is -1.81. The van der Waals surface area contributed by atoms with Crippen LogP contribution in [0.2, 0.25) is 0 Å². The SMILES string of the molecule is Nc1ncc(CSc2ccc(CO)cc2)s1. The molecule has 1 aromatic heterocycles. The van der Waals surface area contributed by atoms with Crippen molar-refractivity contribution in [1.82, 2.24) is 4.98 Å². The van der Waals surface area contributed by atoms with Crippen LogP contribution in [0.4, 0.5) is 5.13 Å². The minimum Gasteiger partial charge on any atom is -0.392 e. The van der Waals surface area contributed by atoms with Gasteiger partial charge in [-0.15, -0.1) is 23.1 Å². The van der Waals surface area contributed by atoms with Crippen molar-refractivity contribution in [1.29, 1.82) is 0 Å². The molecule has 0 aliphatic rings. The minimum atomic E-state index is 0.0936. The lowest BCUT2D eigenvalue weighted by molar-refractivity contribution is 0.282. The van der Waals surface area contributed by atoms with Crippen LogP contribution in [0.15, 0.2) is 35.4 Å². The Labute approximate surface area is 102 Å². The van der Waals surface area contributed by atoms with Crippen molar-refractivity contribution in [3.8, 4) is 0 Å². The first kappa shape index (κ1) is 11.4. The zero-order valence-electron chi connectivity index (χ0n) is 8.59. The summed E-state index contributed by atoms with van der Waals surface area (Å²) in [5.41, 5.74) is 6.49. The fraction of sp³-hybridized carbons (Fsp3) is 0.182. The van der Waals surface area contributed by atoms with Crippen LogP contribution in [0.25, 0.3) is 0 Å². The van der Waals surface area contributed by atoms with Gasteiger partial charge in [0.05, 0.1) is 6.61 Å². The third-order valence-corrected chi connectivity index (χ3v) is 4.13. The predicted molar refractivity (Wildman–Crippen MR) is 68.5 cm³/mol. The first-order valence-corrected chi connectivity index (χ1v) is 6.61. The summed E-state index contributed by atoms with van der Waals surface area (Å²) < 4.78 is 0. The second kappa shape index (κ2) is 5.34. The molecule has 3 N–H and O–H groups in total. The molecule has 5 heteroatoms. The highest BCUT2D eigenvalue weighted by molar-refractivity contribution is 7.98. The number of thiazole rings is 1. The highest BCUT2D eigenvalue weighted by Crippen LogP contribution is 2.26. The molecule has 0 aliphatic carbocycles. The van der Waals surface area contributed by atoms with Crippen molar-refractivity contribution in [2.45, 2.75) is 17.3 Å². The van der Waals surface area contributed by atoms with E-state index in [0.29, 0.717) is 5.13 Å². The zero-order valence-corrected chi connectivity index (χ0v) is 10.2. The molecular formula is C11H12N2OS2. The fourth-order valence-electron chi connectivity index (χ4n) is 1.23. The number of anilines is 1. The second-order valence-electron chi connectivity index (χ2n) is 3.26. The molecule has 0 saturated carbocycles. The quantitative estimate of drug-likeness (QED) is 0.821. The zero-order chi connectivity index (χ0) is 11.4. The average Bonchev–Trinajstić information content (AvgIpc) is 2.73. The summed E-state index contributed by atoms with van der Waals surface area (Å²) >= 11 is 3.26. The van der Waals surface area contributed by atoms with Gasteiger partial charge in [0.2, 0.25) is 0 Å². The number of benzene rings is 1. The van der Waals surface area contributed by atoms with Gasteiger partial charge in [0.1, 0.15) is 0 Å². The van der Waals surface area contributed by atoms with Crippen LogP contribution in [-0.4, -0.2) is 10.1 Å². The van der Waals surface area contributed by atoms with E-state index in [-0.39, 0.29) is 6.61 Å². The monoisotopic (exact) mass is 252 g/mol. The predicted octanol–water partition coefficient (Wildman–Crippen LogP) is 2.51. The molecule has 0 radical (unpaired) electrons. The standard InChI is InChI=1S/C11H12N2OS2/c12-11-13-5-10(16-11)7-15-9-3-1-8(6-14)2-4-9/h1-5,14H,6-7H2,(H2,12,13). The summed E-state index contributed by atoms with van der Waals surface area (Å²) in [6, 6.07) is 7.90. The van der Waals surface area contributed by atoms with Crippen LogP contribution in [0.5, 0.6) is 0 Å². The third-order valence-electron chi connectivity index (χ3n) is 2.06. The van der Waals surface area contributed by atoms with Gasteiger partial charge in [0.15, 0.2) is 5.13 Å². The van der Waals surface area contributed by atoms with Crippen LogP contribution >= 0.6 is 23.1 Å². The maximum atomic E-state index is 8.91. The van der Waals surface area contributed by atoms with Crippen molar-refractivity contribution in [2.24, 2.45) is 0 Å². The summed E-state index contributed by atoms with van der Waals surface area (Å²) in [6.07, 6.45) is 1.81. The Hall–Kier alpha value is -1.04. The summed E-state index contributed by atoms with van der Waals surface area (Å²) in [6.45, 7) is 0.0936. The number of nitrogen functional groups attached to an aromatic ring is 1. The van der Waals surface area contributed by atoms with E-state index in [9.17, 15) is 0 Å². The molecule has 1 heterocycles. The second-order valence-corrected chi connectivity index (χ2v) is 5.45. The lowest BCUT2D eigenvalue weighted by Gasteiger charge is -2.00. The Balaban J connectivity index is 1.94. The molecule has 1 aromatic carbocycles. The molecule has 2 aromatic rings. The maximum absolute atomic E-state index is 8.91. The van der Waals surface area contributed by atoms with Gasteiger partial charge < -0.3 is 10.8 Å². The molecule has 0 atom stereocenters. The molecule has 16 heavy (non-hydrogen) atoms. The molecule has 0 amide bonds. The molecule has 0 spiro atoms. The van der Waals surface area contributed by atoms with Gasteiger partial charge in [0.25, 0.3) is 0 Å². The molecular weight excluding hydrogens is 240 g/mol. The first-order chi connectivity index (χ1) is 7.78. The van der Waals surface area contributed by atoms with Crippen LogP contribution in [-0.2, 0) is 12.4 Å². The van der Waals surface area contributed by atoms with E-state index in [0.717, 1.165) is 11.3 Å². The van der Waals surface area contributed by atoms with Gasteiger partial charge in [-0.2, -0.15) is 0 Å². The number of rotatable bonds is 4. The number of aliphatic hydroxyl groups excluding tert-OH is 1. The maximum Gasteiger partial charge on any atom is 0.180 e. The van der Waals surface area contributed by atoms with Gasteiger partial charge >= 0.3 is 0 Å². The van der Waals surface area contributed by atoms with Crippen molar-refractivity contribution in [3.05, 3.63) is 40.9 Å². The largest absolute Gasteiger partial charge is 0.392 e. The van der Waals surface area contributed by atoms with E-state index >= 15 is 0 Å². The Morgan fingerprint density at radius 1 is 1.31 bits per heavy atom. The molecule has 0 aliphatic heterocycles. The van der Waals surface area contributed by atoms with E-state index in [1.807, 2.05) is 30.5 Å². The van der Waals surface area contributed by atoms with Gasteiger partial charge in [-0.1, -0.05) is 12.1 Å². The summed E-state index contributed by atoms with van der Waals surface area (Å²) in [7, 11) is 0. The van der Waals surface area contributed by atoms with Crippen LogP contribution in [0.1, 0.15) is 10.4 Å². The molecule has 3 nitrogen and oxygen atoms in total. The van der Waals surface area contributed by atoms with E-state index < -0.39 is 0 Å². The van der Waals surface area contributed by atoms with Gasteiger partial charge in [-0.3, -0.25) is 0 Å². The van der Waals surface area contributed by atoms with Crippen LogP contribution < -0.4 is 5.73 Å². The highest BCUT2D eigenvalue weighted by Gasteiger charge is 2.00. The smallest absolute Gasteiger partial charge is 0.180 e. The molecule has 0 bridgehead atoms. The summed E-state index contributed by atoms with van der Waals surface area (Å²) in [5.74, 6) is 0.882.